The molecule has 0 radical (unpaired) electrons. The summed E-state index contributed by atoms with van der Waals surface area (Å²) in [5.41, 5.74) is 1.27. The van der Waals surface area contributed by atoms with Crippen molar-refractivity contribution >= 4 is 15.9 Å². The fraction of sp³-hybridized carbons (Fsp3) is 0.600. The zero-order valence-electron chi connectivity index (χ0n) is 11.8. The molecule has 1 heterocycles. The Hall–Kier alpha value is -0.450. The van der Waals surface area contributed by atoms with Crippen LogP contribution in [0.2, 0.25) is 0 Å². The van der Waals surface area contributed by atoms with Crippen molar-refractivity contribution in [2.24, 2.45) is 0 Å². The number of hydrogen-bond acceptors (Lipinski definition) is 2. The van der Waals surface area contributed by atoms with Crippen LogP contribution in [0.3, 0.4) is 0 Å². The van der Waals surface area contributed by atoms with Crippen molar-refractivity contribution in [3.05, 3.63) is 34.1 Å². The van der Waals surface area contributed by atoms with Crippen LogP contribution in [0.4, 0.5) is 4.39 Å². The van der Waals surface area contributed by atoms with E-state index in [0.717, 1.165) is 36.1 Å². The molecule has 2 rings (SSSR count). The molecule has 2 nitrogen and oxygen atoms in total. The molecule has 1 fully saturated rings. The largest absolute Gasteiger partial charge is 0.310 e. The van der Waals surface area contributed by atoms with E-state index in [1.54, 1.807) is 6.07 Å². The van der Waals surface area contributed by atoms with E-state index in [0.29, 0.717) is 6.04 Å². The van der Waals surface area contributed by atoms with E-state index in [4.69, 9.17) is 0 Å². The lowest BCUT2D eigenvalue weighted by atomic mass is 10.0. The molecule has 1 aromatic rings. The van der Waals surface area contributed by atoms with Crippen molar-refractivity contribution in [3.8, 4) is 0 Å². The Kier molecular flexibility index (Phi) is 4.64. The van der Waals surface area contributed by atoms with E-state index in [9.17, 15) is 4.39 Å². The molecule has 1 aliphatic rings. The van der Waals surface area contributed by atoms with E-state index < -0.39 is 0 Å². The van der Waals surface area contributed by atoms with Gasteiger partial charge in [-0.3, -0.25) is 4.90 Å². The zero-order chi connectivity index (χ0) is 14.0. The lowest BCUT2D eigenvalue weighted by Gasteiger charge is -2.33. The van der Waals surface area contributed by atoms with Crippen LogP contribution in [0.25, 0.3) is 0 Å². The predicted molar refractivity (Wildman–Crippen MR) is 80.7 cm³/mol. The second-order valence-electron chi connectivity index (χ2n) is 6.09. The SMILES string of the molecule is CC1CCNC(C)(C)CN1Cc1ccc(F)cc1Br. The number of nitrogens with zero attached hydrogens (tertiary/aromatic N) is 1. The molecule has 1 atom stereocenters. The summed E-state index contributed by atoms with van der Waals surface area (Å²) in [6.07, 6.45) is 1.14. The molecule has 0 saturated carbocycles. The Morgan fingerprint density at radius 2 is 2.21 bits per heavy atom. The highest BCUT2D eigenvalue weighted by Crippen LogP contribution is 2.23. The standard InChI is InChI=1S/C15H22BrFN2/c1-11-6-7-18-15(2,3)10-19(11)9-12-4-5-13(17)8-14(12)16/h4-5,8,11,18H,6-7,9-10H2,1-3H3. The minimum absolute atomic E-state index is 0.122. The molecule has 0 spiro atoms. The molecule has 0 aromatic heterocycles. The molecule has 1 unspecified atom stereocenters. The number of nitrogens with one attached hydrogen (secondary N) is 1. The van der Waals surface area contributed by atoms with Gasteiger partial charge in [0.15, 0.2) is 0 Å². The van der Waals surface area contributed by atoms with Crippen LogP contribution in [0.15, 0.2) is 22.7 Å². The molecule has 1 N–H and O–H groups in total. The number of rotatable bonds is 2. The molecular weight excluding hydrogens is 307 g/mol. The maximum absolute atomic E-state index is 13.1. The third-order valence-electron chi connectivity index (χ3n) is 3.78. The molecule has 0 aliphatic carbocycles. The third-order valence-corrected chi connectivity index (χ3v) is 4.51. The molecule has 0 amide bonds. The Labute approximate surface area is 123 Å². The van der Waals surface area contributed by atoms with Gasteiger partial charge in [-0.25, -0.2) is 4.39 Å². The van der Waals surface area contributed by atoms with Crippen molar-refractivity contribution in [2.45, 2.75) is 45.3 Å². The maximum Gasteiger partial charge on any atom is 0.124 e. The smallest absolute Gasteiger partial charge is 0.124 e. The van der Waals surface area contributed by atoms with Crippen molar-refractivity contribution in [2.75, 3.05) is 13.1 Å². The van der Waals surface area contributed by atoms with Crippen molar-refractivity contribution in [3.63, 3.8) is 0 Å². The Balaban J connectivity index is 2.15. The second kappa shape index (κ2) is 5.90. The fourth-order valence-electron chi connectivity index (χ4n) is 2.60. The third kappa shape index (κ3) is 4.01. The average molecular weight is 329 g/mol. The quantitative estimate of drug-likeness (QED) is 0.893. The first-order chi connectivity index (χ1) is 8.87. The van der Waals surface area contributed by atoms with Crippen molar-refractivity contribution in [1.29, 1.82) is 0 Å². The first-order valence-corrected chi connectivity index (χ1v) is 7.60. The monoisotopic (exact) mass is 328 g/mol. The first-order valence-electron chi connectivity index (χ1n) is 6.80. The minimum atomic E-state index is -0.193. The summed E-state index contributed by atoms with van der Waals surface area (Å²) < 4.78 is 14.0. The van der Waals surface area contributed by atoms with Gasteiger partial charge in [0, 0.05) is 29.1 Å². The van der Waals surface area contributed by atoms with Crippen molar-refractivity contribution < 1.29 is 4.39 Å². The Bertz CT molecular complexity index is 448. The summed E-state index contributed by atoms with van der Waals surface area (Å²) in [6, 6.07) is 5.48. The van der Waals surface area contributed by atoms with Crippen molar-refractivity contribution in [1.82, 2.24) is 10.2 Å². The van der Waals surface area contributed by atoms with Crippen LogP contribution < -0.4 is 5.32 Å². The molecular formula is C15H22BrFN2. The number of hydrogen-bond donors (Lipinski definition) is 1. The number of benzene rings is 1. The van der Waals surface area contributed by atoms with E-state index >= 15 is 0 Å². The van der Waals surface area contributed by atoms with Gasteiger partial charge in [0.1, 0.15) is 5.82 Å². The summed E-state index contributed by atoms with van der Waals surface area (Å²) in [6.45, 7) is 9.64. The minimum Gasteiger partial charge on any atom is -0.310 e. The topological polar surface area (TPSA) is 15.3 Å². The van der Waals surface area contributed by atoms with Gasteiger partial charge in [0.25, 0.3) is 0 Å². The highest BCUT2D eigenvalue weighted by molar-refractivity contribution is 9.10. The van der Waals surface area contributed by atoms with Gasteiger partial charge in [-0.2, -0.15) is 0 Å². The fourth-order valence-corrected chi connectivity index (χ4v) is 3.08. The maximum atomic E-state index is 13.1. The van der Waals surface area contributed by atoms with Gasteiger partial charge in [-0.15, -0.1) is 0 Å². The molecule has 1 aliphatic heterocycles. The van der Waals surface area contributed by atoms with Gasteiger partial charge in [0.05, 0.1) is 0 Å². The van der Waals surface area contributed by atoms with Gasteiger partial charge < -0.3 is 5.32 Å². The van der Waals surface area contributed by atoms with Crippen LogP contribution >= 0.6 is 15.9 Å². The lowest BCUT2D eigenvalue weighted by molar-refractivity contribution is 0.172. The highest BCUT2D eigenvalue weighted by atomic mass is 79.9. The van der Waals surface area contributed by atoms with E-state index in [1.807, 2.05) is 6.07 Å². The first kappa shape index (κ1) is 14.9. The van der Waals surface area contributed by atoms with Gasteiger partial charge in [0.2, 0.25) is 0 Å². The van der Waals surface area contributed by atoms with Crippen LogP contribution in [0.1, 0.15) is 32.8 Å². The van der Waals surface area contributed by atoms with E-state index in [-0.39, 0.29) is 11.4 Å². The van der Waals surface area contributed by atoms with Gasteiger partial charge in [-0.05, 0) is 51.4 Å². The Morgan fingerprint density at radius 1 is 1.47 bits per heavy atom. The van der Waals surface area contributed by atoms with Crippen LogP contribution in [0, 0.1) is 5.82 Å². The van der Waals surface area contributed by atoms with Crippen LogP contribution in [-0.4, -0.2) is 29.6 Å². The van der Waals surface area contributed by atoms with Gasteiger partial charge in [-0.1, -0.05) is 22.0 Å². The molecule has 19 heavy (non-hydrogen) atoms. The second-order valence-corrected chi connectivity index (χ2v) is 6.94. The van der Waals surface area contributed by atoms with E-state index in [2.05, 4.69) is 46.9 Å². The van der Waals surface area contributed by atoms with Crippen LogP contribution in [0.5, 0.6) is 0 Å². The molecule has 106 valence electrons. The number of halogens is 2. The Morgan fingerprint density at radius 3 is 2.89 bits per heavy atom. The van der Waals surface area contributed by atoms with Crippen LogP contribution in [-0.2, 0) is 6.54 Å². The molecule has 1 aromatic carbocycles. The molecule has 1 saturated heterocycles. The highest BCUT2D eigenvalue weighted by Gasteiger charge is 2.28. The molecule has 0 bridgehead atoms. The summed E-state index contributed by atoms with van der Waals surface area (Å²) in [5.74, 6) is -0.193. The summed E-state index contributed by atoms with van der Waals surface area (Å²) in [7, 11) is 0. The molecule has 4 heteroatoms. The normalized spacial score (nSPS) is 24.2. The average Bonchev–Trinajstić information content (AvgIpc) is 2.42. The summed E-state index contributed by atoms with van der Waals surface area (Å²) in [5, 5.41) is 3.58. The summed E-state index contributed by atoms with van der Waals surface area (Å²) in [4.78, 5) is 2.47. The van der Waals surface area contributed by atoms with E-state index in [1.165, 1.54) is 6.07 Å². The predicted octanol–water partition coefficient (Wildman–Crippen LogP) is 3.55. The lowest BCUT2D eigenvalue weighted by Crippen LogP contribution is -2.47. The zero-order valence-corrected chi connectivity index (χ0v) is 13.4. The van der Waals surface area contributed by atoms with Gasteiger partial charge >= 0.3 is 0 Å². The summed E-state index contributed by atoms with van der Waals surface area (Å²) >= 11 is 3.46.